The third kappa shape index (κ3) is 2.10. The predicted octanol–water partition coefficient (Wildman–Crippen LogP) is 3.99. The summed E-state index contributed by atoms with van der Waals surface area (Å²) in [4.78, 5) is 5.74. The number of benzene rings is 1. The van der Waals surface area contributed by atoms with Gasteiger partial charge in [-0.1, -0.05) is 37.3 Å². The highest BCUT2D eigenvalue weighted by molar-refractivity contribution is 7.09. The van der Waals surface area contributed by atoms with E-state index in [1.807, 2.05) is 5.51 Å². The zero-order chi connectivity index (χ0) is 10.7. The zero-order valence-electron chi connectivity index (χ0n) is 9.10. The van der Waals surface area contributed by atoms with E-state index in [0.717, 1.165) is 6.42 Å². The maximum Gasteiger partial charge on any atom is 0.0797 e. The van der Waals surface area contributed by atoms with Crippen molar-refractivity contribution in [1.82, 2.24) is 4.98 Å². The quantitative estimate of drug-likeness (QED) is 0.757. The van der Waals surface area contributed by atoms with Crippen molar-refractivity contribution >= 4 is 11.3 Å². The van der Waals surface area contributed by atoms with Crippen molar-refractivity contribution in [2.45, 2.75) is 26.2 Å². The molecule has 0 radical (unpaired) electrons. The van der Waals surface area contributed by atoms with E-state index in [1.165, 1.54) is 16.1 Å². The molecule has 1 nitrogen and oxygen atoms in total. The van der Waals surface area contributed by atoms with E-state index >= 15 is 0 Å². The maximum atomic E-state index is 4.33. The molecule has 1 atom stereocenters. The second kappa shape index (κ2) is 4.58. The first kappa shape index (κ1) is 10.4. The summed E-state index contributed by atoms with van der Waals surface area (Å²) in [5, 5.41) is 0. The highest BCUT2D eigenvalue weighted by atomic mass is 32.1. The molecule has 0 spiro atoms. The van der Waals surface area contributed by atoms with E-state index in [9.17, 15) is 0 Å². The highest BCUT2D eigenvalue weighted by Crippen LogP contribution is 2.32. The summed E-state index contributed by atoms with van der Waals surface area (Å²) >= 11 is 1.77. The SMILES string of the molecule is CCC(c1ccccc1)c1scnc1C. The van der Waals surface area contributed by atoms with Crippen molar-refractivity contribution in [3.8, 4) is 0 Å². The molecular formula is C13H15NS. The molecule has 0 amide bonds. The van der Waals surface area contributed by atoms with Crippen molar-refractivity contribution in [1.29, 1.82) is 0 Å². The molecule has 2 rings (SSSR count). The fourth-order valence-corrected chi connectivity index (χ4v) is 2.92. The Morgan fingerprint density at radius 1 is 1.27 bits per heavy atom. The normalized spacial score (nSPS) is 12.7. The van der Waals surface area contributed by atoms with Gasteiger partial charge in [0.2, 0.25) is 0 Å². The van der Waals surface area contributed by atoms with E-state index < -0.39 is 0 Å². The molecule has 0 N–H and O–H groups in total. The van der Waals surface area contributed by atoms with Crippen LogP contribution in [0.3, 0.4) is 0 Å². The molecule has 1 aromatic carbocycles. The summed E-state index contributed by atoms with van der Waals surface area (Å²) in [6.07, 6.45) is 1.13. The average molecular weight is 217 g/mol. The van der Waals surface area contributed by atoms with Crippen molar-refractivity contribution in [2.24, 2.45) is 0 Å². The number of aromatic nitrogens is 1. The molecule has 1 aromatic heterocycles. The van der Waals surface area contributed by atoms with E-state index in [2.05, 4.69) is 49.2 Å². The predicted molar refractivity (Wildman–Crippen MR) is 65.4 cm³/mol. The Morgan fingerprint density at radius 2 is 2.00 bits per heavy atom. The van der Waals surface area contributed by atoms with Gasteiger partial charge in [0.25, 0.3) is 0 Å². The standard InChI is InChI=1S/C13H15NS/c1-3-12(11-7-5-4-6-8-11)13-10(2)14-9-15-13/h4-9,12H,3H2,1-2H3. The second-order valence-electron chi connectivity index (χ2n) is 3.67. The molecular weight excluding hydrogens is 202 g/mol. The molecule has 2 aromatic rings. The Morgan fingerprint density at radius 3 is 2.53 bits per heavy atom. The maximum absolute atomic E-state index is 4.33. The van der Waals surface area contributed by atoms with Gasteiger partial charge in [-0.3, -0.25) is 0 Å². The minimum Gasteiger partial charge on any atom is -0.250 e. The van der Waals surface area contributed by atoms with Crippen molar-refractivity contribution < 1.29 is 0 Å². The summed E-state index contributed by atoms with van der Waals surface area (Å²) in [5.41, 5.74) is 4.51. The summed E-state index contributed by atoms with van der Waals surface area (Å²) < 4.78 is 0. The lowest BCUT2D eigenvalue weighted by Gasteiger charge is -2.13. The van der Waals surface area contributed by atoms with Crippen LogP contribution in [-0.4, -0.2) is 4.98 Å². The van der Waals surface area contributed by atoms with Crippen molar-refractivity contribution in [3.63, 3.8) is 0 Å². The molecule has 78 valence electrons. The van der Waals surface area contributed by atoms with Gasteiger partial charge in [0.05, 0.1) is 11.2 Å². The Kier molecular flexibility index (Phi) is 3.17. The molecule has 0 bridgehead atoms. The number of hydrogen-bond acceptors (Lipinski definition) is 2. The Balaban J connectivity index is 2.37. The fourth-order valence-electron chi connectivity index (χ4n) is 1.90. The third-order valence-electron chi connectivity index (χ3n) is 2.71. The van der Waals surface area contributed by atoms with Gasteiger partial charge in [-0.2, -0.15) is 0 Å². The van der Waals surface area contributed by atoms with Gasteiger partial charge in [-0.25, -0.2) is 4.98 Å². The summed E-state index contributed by atoms with van der Waals surface area (Å²) in [6, 6.07) is 10.7. The van der Waals surface area contributed by atoms with E-state index in [4.69, 9.17) is 0 Å². The van der Waals surface area contributed by atoms with Crippen molar-refractivity contribution in [2.75, 3.05) is 0 Å². The van der Waals surface area contributed by atoms with E-state index in [1.54, 1.807) is 11.3 Å². The third-order valence-corrected chi connectivity index (χ3v) is 3.75. The first-order chi connectivity index (χ1) is 7.33. The minimum atomic E-state index is 0.513. The molecule has 0 aliphatic carbocycles. The molecule has 0 aliphatic heterocycles. The number of rotatable bonds is 3. The van der Waals surface area contributed by atoms with E-state index in [-0.39, 0.29) is 0 Å². The first-order valence-corrected chi connectivity index (χ1v) is 6.15. The van der Waals surface area contributed by atoms with Crippen LogP contribution in [0.25, 0.3) is 0 Å². The fraction of sp³-hybridized carbons (Fsp3) is 0.308. The van der Waals surface area contributed by atoms with Crippen LogP contribution in [0.5, 0.6) is 0 Å². The Bertz CT molecular complexity index is 419. The van der Waals surface area contributed by atoms with Crippen LogP contribution < -0.4 is 0 Å². The van der Waals surface area contributed by atoms with Crippen molar-refractivity contribution in [3.05, 3.63) is 52.0 Å². The molecule has 0 saturated heterocycles. The van der Waals surface area contributed by atoms with Gasteiger partial charge in [-0.15, -0.1) is 11.3 Å². The van der Waals surface area contributed by atoms with Crippen LogP contribution in [0.4, 0.5) is 0 Å². The van der Waals surface area contributed by atoms with Crippen LogP contribution in [0.15, 0.2) is 35.8 Å². The second-order valence-corrected chi connectivity index (χ2v) is 4.56. The molecule has 15 heavy (non-hydrogen) atoms. The summed E-state index contributed by atoms with van der Waals surface area (Å²) in [7, 11) is 0. The van der Waals surface area contributed by atoms with Gasteiger partial charge in [0.15, 0.2) is 0 Å². The van der Waals surface area contributed by atoms with Gasteiger partial charge < -0.3 is 0 Å². The Labute approximate surface area is 94.8 Å². The van der Waals surface area contributed by atoms with Crippen LogP contribution in [0.1, 0.15) is 35.4 Å². The lowest BCUT2D eigenvalue weighted by Crippen LogP contribution is -1.98. The van der Waals surface area contributed by atoms with Crippen LogP contribution in [0, 0.1) is 6.92 Å². The number of thiazole rings is 1. The highest BCUT2D eigenvalue weighted by Gasteiger charge is 2.15. The smallest absolute Gasteiger partial charge is 0.0797 e. The topological polar surface area (TPSA) is 12.9 Å². The van der Waals surface area contributed by atoms with Gasteiger partial charge in [0.1, 0.15) is 0 Å². The average Bonchev–Trinajstić information content (AvgIpc) is 2.68. The monoisotopic (exact) mass is 217 g/mol. The van der Waals surface area contributed by atoms with Gasteiger partial charge in [-0.05, 0) is 18.9 Å². The number of nitrogens with zero attached hydrogens (tertiary/aromatic N) is 1. The number of aryl methyl sites for hydroxylation is 1. The minimum absolute atomic E-state index is 0.513. The Hall–Kier alpha value is -1.15. The lowest BCUT2D eigenvalue weighted by molar-refractivity contribution is 0.783. The molecule has 1 unspecified atom stereocenters. The van der Waals surface area contributed by atoms with E-state index in [0.29, 0.717) is 5.92 Å². The molecule has 1 heterocycles. The lowest BCUT2D eigenvalue weighted by atomic mass is 9.94. The number of hydrogen-bond donors (Lipinski definition) is 0. The molecule has 0 fully saturated rings. The largest absolute Gasteiger partial charge is 0.250 e. The molecule has 2 heteroatoms. The summed E-state index contributed by atoms with van der Waals surface area (Å²) in [6.45, 7) is 4.33. The zero-order valence-corrected chi connectivity index (χ0v) is 9.92. The molecule has 0 saturated carbocycles. The van der Waals surface area contributed by atoms with Gasteiger partial charge in [0, 0.05) is 10.8 Å². The first-order valence-electron chi connectivity index (χ1n) is 5.28. The van der Waals surface area contributed by atoms with Crippen LogP contribution in [-0.2, 0) is 0 Å². The van der Waals surface area contributed by atoms with Crippen LogP contribution in [0.2, 0.25) is 0 Å². The summed E-state index contributed by atoms with van der Waals surface area (Å²) in [5.74, 6) is 0.513. The van der Waals surface area contributed by atoms with Crippen LogP contribution >= 0.6 is 11.3 Å². The molecule has 0 aliphatic rings. The van der Waals surface area contributed by atoms with Gasteiger partial charge >= 0.3 is 0 Å².